The normalized spacial score (nSPS) is 26.6. The average molecular weight is 275 g/mol. The Morgan fingerprint density at radius 2 is 2.10 bits per heavy atom. The summed E-state index contributed by atoms with van der Waals surface area (Å²) in [5, 5.41) is 3.76. The molecular weight excluding hydrogens is 246 g/mol. The lowest BCUT2D eigenvalue weighted by atomic mass is 9.74. The van der Waals surface area contributed by atoms with Crippen LogP contribution in [-0.2, 0) is 0 Å². The predicted octanol–water partition coefficient (Wildman–Crippen LogP) is 4.96. The molecule has 0 saturated heterocycles. The van der Waals surface area contributed by atoms with E-state index < -0.39 is 0 Å². The Morgan fingerprint density at radius 1 is 1.30 bits per heavy atom. The Morgan fingerprint density at radius 3 is 2.80 bits per heavy atom. The highest BCUT2D eigenvalue weighted by molar-refractivity contribution is 5.49. The Bertz CT molecular complexity index is 416. The van der Waals surface area contributed by atoms with Crippen molar-refractivity contribution in [2.45, 2.75) is 53.0 Å². The van der Waals surface area contributed by atoms with E-state index in [-0.39, 0.29) is 0 Å². The third kappa shape index (κ3) is 3.91. The molecule has 1 aliphatic carbocycles. The molecule has 0 aromatic heterocycles. The largest absolute Gasteiger partial charge is 0.494 e. The molecule has 3 unspecified atom stereocenters. The van der Waals surface area contributed by atoms with Crippen LogP contribution in [0.5, 0.6) is 5.75 Å². The van der Waals surface area contributed by atoms with Crippen molar-refractivity contribution < 1.29 is 4.74 Å². The first kappa shape index (κ1) is 15.2. The van der Waals surface area contributed by atoms with Gasteiger partial charge in [0.1, 0.15) is 5.75 Å². The first-order chi connectivity index (χ1) is 9.60. The monoisotopic (exact) mass is 275 g/mol. The zero-order valence-corrected chi connectivity index (χ0v) is 13.4. The van der Waals surface area contributed by atoms with Crippen LogP contribution in [0.3, 0.4) is 0 Å². The summed E-state index contributed by atoms with van der Waals surface area (Å²) >= 11 is 0. The van der Waals surface area contributed by atoms with Crippen LogP contribution in [0.1, 0.15) is 47.0 Å². The van der Waals surface area contributed by atoms with Gasteiger partial charge in [-0.3, -0.25) is 0 Å². The number of rotatable bonds is 5. The molecule has 0 radical (unpaired) electrons. The number of benzene rings is 1. The van der Waals surface area contributed by atoms with Gasteiger partial charge in [0.05, 0.1) is 6.61 Å². The number of hydrogen-bond acceptors (Lipinski definition) is 2. The summed E-state index contributed by atoms with van der Waals surface area (Å²) in [6.45, 7) is 9.83. The first-order valence-corrected chi connectivity index (χ1v) is 8.09. The molecule has 1 N–H and O–H groups in total. The fourth-order valence-corrected chi connectivity index (χ4v) is 3.42. The molecule has 0 amide bonds. The standard InChI is InChI=1S/C18H29NO/c1-5-20-16-8-6-7-15(12-16)19-18-11-14(4)9-10-17(18)13(2)3/h6-8,12-14,17-19H,5,9-11H2,1-4H3. The number of hydrogen-bond donors (Lipinski definition) is 1. The van der Waals surface area contributed by atoms with Gasteiger partial charge in [-0.15, -0.1) is 0 Å². The topological polar surface area (TPSA) is 21.3 Å². The van der Waals surface area contributed by atoms with Crippen molar-refractivity contribution in [3.8, 4) is 5.75 Å². The minimum atomic E-state index is 0.593. The SMILES string of the molecule is CCOc1cccc(NC2CC(C)CCC2C(C)C)c1. The van der Waals surface area contributed by atoms with Crippen molar-refractivity contribution in [1.29, 1.82) is 0 Å². The van der Waals surface area contributed by atoms with E-state index in [0.29, 0.717) is 6.04 Å². The number of anilines is 1. The zero-order valence-electron chi connectivity index (χ0n) is 13.4. The van der Waals surface area contributed by atoms with Gasteiger partial charge in [-0.25, -0.2) is 0 Å². The highest BCUT2D eigenvalue weighted by Gasteiger charge is 2.30. The van der Waals surface area contributed by atoms with Crippen molar-refractivity contribution in [3.63, 3.8) is 0 Å². The van der Waals surface area contributed by atoms with Crippen LogP contribution >= 0.6 is 0 Å². The third-order valence-corrected chi connectivity index (χ3v) is 4.52. The first-order valence-electron chi connectivity index (χ1n) is 8.09. The fourth-order valence-electron chi connectivity index (χ4n) is 3.42. The van der Waals surface area contributed by atoms with Gasteiger partial charge >= 0.3 is 0 Å². The van der Waals surface area contributed by atoms with Gasteiger partial charge in [0.2, 0.25) is 0 Å². The Balaban J connectivity index is 2.07. The summed E-state index contributed by atoms with van der Waals surface area (Å²) in [5.41, 5.74) is 1.20. The Hall–Kier alpha value is -1.18. The van der Waals surface area contributed by atoms with Crippen LogP contribution in [-0.4, -0.2) is 12.6 Å². The van der Waals surface area contributed by atoms with Crippen molar-refractivity contribution in [2.75, 3.05) is 11.9 Å². The molecule has 1 aromatic carbocycles. The fraction of sp³-hybridized carbons (Fsp3) is 0.667. The summed E-state index contributed by atoms with van der Waals surface area (Å²) in [6, 6.07) is 8.97. The van der Waals surface area contributed by atoms with Crippen molar-refractivity contribution in [3.05, 3.63) is 24.3 Å². The average Bonchev–Trinajstić information content (AvgIpc) is 2.39. The van der Waals surface area contributed by atoms with Gasteiger partial charge < -0.3 is 10.1 Å². The van der Waals surface area contributed by atoms with Gasteiger partial charge in [-0.2, -0.15) is 0 Å². The predicted molar refractivity (Wildman–Crippen MR) is 86.4 cm³/mol. The molecule has 0 heterocycles. The zero-order chi connectivity index (χ0) is 14.5. The highest BCUT2D eigenvalue weighted by Crippen LogP contribution is 2.35. The Kier molecular flexibility index (Phi) is 5.33. The maximum Gasteiger partial charge on any atom is 0.121 e. The summed E-state index contributed by atoms with van der Waals surface area (Å²) in [6.07, 6.45) is 4.00. The lowest BCUT2D eigenvalue weighted by molar-refractivity contribution is 0.212. The molecule has 2 heteroatoms. The molecule has 2 nitrogen and oxygen atoms in total. The van der Waals surface area contributed by atoms with Crippen LogP contribution < -0.4 is 10.1 Å². The van der Waals surface area contributed by atoms with Crippen molar-refractivity contribution in [1.82, 2.24) is 0 Å². The highest BCUT2D eigenvalue weighted by atomic mass is 16.5. The van der Waals surface area contributed by atoms with Crippen molar-refractivity contribution >= 4 is 5.69 Å². The van der Waals surface area contributed by atoms with Crippen LogP contribution in [0.2, 0.25) is 0 Å². The molecule has 0 aliphatic heterocycles. The third-order valence-electron chi connectivity index (χ3n) is 4.52. The molecule has 1 aliphatic rings. The van der Waals surface area contributed by atoms with Crippen LogP contribution in [0.25, 0.3) is 0 Å². The molecular formula is C18H29NO. The molecule has 1 aromatic rings. The van der Waals surface area contributed by atoms with Gasteiger partial charge in [0.25, 0.3) is 0 Å². The second kappa shape index (κ2) is 7.01. The molecule has 1 fully saturated rings. The summed E-state index contributed by atoms with van der Waals surface area (Å²) < 4.78 is 5.59. The van der Waals surface area contributed by atoms with Crippen LogP contribution in [0.4, 0.5) is 5.69 Å². The molecule has 20 heavy (non-hydrogen) atoms. The van der Waals surface area contributed by atoms with E-state index in [4.69, 9.17) is 4.74 Å². The quantitative estimate of drug-likeness (QED) is 0.820. The molecule has 2 rings (SSSR count). The lowest BCUT2D eigenvalue weighted by Gasteiger charge is -2.38. The van der Waals surface area contributed by atoms with E-state index in [9.17, 15) is 0 Å². The molecule has 0 bridgehead atoms. The minimum absolute atomic E-state index is 0.593. The van der Waals surface area contributed by atoms with E-state index >= 15 is 0 Å². The number of ether oxygens (including phenoxy) is 1. The molecule has 1 saturated carbocycles. The van der Waals surface area contributed by atoms with Gasteiger partial charge in [-0.05, 0) is 49.7 Å². The van der Waals surface area contributed by atoms with Crippen LogP contribution in [0, 0.1) is 17.8 Å². The van der Waals surface area contributed by atoms with Gasteiger partial charge in [0, 0.05) is 17.8 Å². The summed E-state index contributed by atoms with van der Waals surface area (Å²) in [7, 11) is 0. The molecule has 0 spiro atoms. The lowest BCUT2D eigenvalue weighted by Crippen LogP contribution is -2.37. The maximum absolute atomic E-state index is 5.59. The van der Waals surface area contributed by atoms with E-state index in [1.54, 1.807) is 0 Å². The molecule has 3 atom stereocenters. The van der Waals surface area contributed by atoms with E-state index in [0.717, 1.165) is 30.1 Å². The Labute approximate surface area is 123 Å². The molecule has 112 valence electrons. The van der Waals surface area contributed by atoms with Gasteiger partial charge in [0.15, 0.2) is 0 Å². The smallest absolute Gasteiger partial charge is 0.121 e. The van der Waals surface area contributed by atoms with E-state index in [1.165, 1.54) is 24.9 Å². The van der Waals surface area contributed by atoms with Gasteiger partial charge in [-0.1, -0.05) is 33.3 Å². The van der Waals surface area contributed by atoms with E-state index in [2.05, 4.69) is 44.3 Å². The van der Waals surface area contributed by atoms with Crippen LogP contribution in [0.15, 0.2) is 24.3 Å². The second-order valence-corrected chi connectivity index (χ2v) is 6.54. The second-order valence-electron chi connectivity index (χ2n) is 6.54. The van der Waals surface area contributed by atoms with E-state index in [1.807, 2.05) is 13.0 Å². The van der Waals surface area contributed by atoms with Crippen molar-refractivity contribution in [2.24, 2.45) is 17.8 Å². The summed E-state index contributed by atoms with van der Waals surface area (Å²) in [4.78, 5) is 0. The number of nitrogens with one attached hydrogen (secondary N) is 1. The summed E-state index contributed by atoms with van der Waals surface area (Å²) in [5.74, 6) is 3.32. The minimum Gasteiger partial charge on any atom is -0.494 e. The maximum atomic E-state index is 5.59.